The summed E-state index contributed by atoms with van der Waals surface area (Å²) in [7, 11) is 0. The molecule has 1 aliphatic heterocycles. The maximum atomic E-state index is 11.8. The molecule has 0 bridgehead atoms. The smallest absolute Gasteiger partial charge is 0.309 e. The van der Waals surface area contributed by atoms with Gasteiger partial charge in [-0.3, -0.25) is 4.79 Å². The first-order valence-electron chi connectivity index (χ1n) is 11.6. The summed E-state index contributed by atoms with van der Waals surface area (Å²) in [5.74, 6) is -0.348. The van der Waals surface area contributed by atoms with Crippen molar-refractivity contribution in [3.8, 4) is 0 Å². The Bertz CT molecular complexity index is 907. The Morgan fingerprint density at radius 2 is 2.00 bits per heavy atom. The van der Waals surface area contributed by atoms with Gasteiger partial charge < -0.3 is 14.6 Å². The average molecular weight is 461 g/mol. The Morgan fingerprint density at radius 1 is 1.28 bits per heavy atom. The van der Waals surface area contributed by atoms with Crippen LogP contribution in [0.1, 0.15) is 78.4 Å². The molecule has 4 nitrogen and oxygen atoms in total. The monoisotopic (exact) mass is 460 g/mol. The number of hydrogen-bond donors (Lipinski definition) is 1. The van der Waals surface area contributed by atoms with Gasteiger partial charge in [0.05, 0.1) is 24.2 Å². The lowest BCUT2D eigenvalue weighted by molar-refractivity contribution is -0.156. The molecule has 1 saturated heterocycles. The molecule has 5 heteroatoms. The van der Waals surface area contributed by atoms with Crippen LogP contribution in [0.25, 0.3) is 5.57 Å². The molecule has 1 aromatic rings. The summed E-state index contributed by atoms with van der Waals surface area (Å²) < 4.78 is 11.9. The van der Waals surface area contributed by atoms with Crippen LogP contribution < -0.4 is 0 Å². The van der Waals surface area contributed by atoms with Gasteiger partial charge in [0.1, 0.15) is 6.10 Å². The van der Waals surface area contributed by atoms with E-state index >= 15 is 0 Å². The molecule has 0 saturated carbocycles. The van der Waals surface area contributed by atoms with Gasteiger partial charge in [-0.1, -0.05) is 44.5 Å². The lowest BCUT2D eigenvalue weighted by Gasteiger charge is -2.41. The molecule has 1 aliphatic carbocycles. The molecule has 0 spiro atoms. The van der Waals surface area contributed by atoms with Crippen molar-refractivity contribution in [2.75, 3.05) is 0 Å². The van der Waals surface area contributed by atoms with Gasteiger partial charge in [-0.2, -0.15) is 0 Å². The molecule has 2 aliphatic rings. The minimum absolute atomic E-state index is 0.0696. The van der Waals surface area contributed by atoms with Crippen LogP contribution in [0.4, 0.5) is 0 Å². The molecule has 1 aromatic carbocycles. The second-order valence-corrected chi connectivity index (χ2v) is 11.1. The van der Waals surface area contributed by atoms with E-state index in [4.69, 9.17) is 21.1 Å². The zero-order valence-corrected chi connectivity index (χ0v) is 21.0. The number of carbonyl (C=O) groups excluding carboxylic acids is 1. The fourth-order valence-electron chi connectivity index (χ4n) is 4.84. The van der Waals surface area contributed by atoms with Crippen molar-refractivity contribution < 1.29 is 19.4 Å². The van der Waals surface area contributed by atoms with Gasteiger partial charge in [0.25, 0.3) is 0 Å². The van der Waals surface area contributed by atoms with Gasteiger partial charge in [-0.15, -0.1) is 0 Å². The van der Waals surface area contributed by atoms with E-state index in [0.29, 0.717) is 6.42 Å². The molecule has 1 N–H and O–H groups in total. The third-order valence-electron chi connectivity index (χ3n) is 6.19. The SMILES string of the molecule is CCc1cc(C2=C(/C=C/[C@H]3C[C@H](O)CC(=O)O3)C(C)(C)CC(OC(C)(C)C)C2)ccc1Cl. The number of cyclic esters (lactones) is 1. The Morgan fingerprint density at radius 3 is 2.62 bits per heavy atom. The summed E-state index contributed by atoms with van der Waals surface area (Å²) in [6.07, 6.45) is 6.15. The van der Waals surface area contributed by atoms with Gasteiger partial charge in [-0.05, 0) is 85.9 Å². The van der Waals surface area contributed by atoms with Gasteiger partial charge in [-0.25, -0.2) is 0 Å². The highest BCUT2D eigenvalue weighted by Gasteiger charge is 2.37. The molecule has 0 radical (unpaired) electrons. The number of hydrogen-bond acceptors (Lipinski definition) is 4. The Labute approximate surface area is 197 Å². The van der Waals surface area contributed by atoms with E-state index in [-0.39, 0.29) is 29.5 Å². The first-order chi connectivity index (χ1) is 14.9. The number of aliphatic hydroxyl groups excluding tert-OH is 1. The van der Waals surface area contributed by atoms with Gasteiger partial charge in [0.2, 0.25) is 0 Å². The van der Waals surface area contributed by atoms with Crippen molar-refractivity contribution in [1.29, 1.82) is 0 Å². The number of benzene rings is 1. The van der Waals surface area contributed by atoms with Crippen LogP contribution in [0.2, 0.25) is 5.02 Å². The second kappa shape index (κ2) is 9.70. The Kier molecular flexibility index (Phi) is 7.59. The predicted molar refractivity (Wildman–Crippen MR) is 130 cm³/mol. The van der Waals surface area contributed by atoms with E-state index < -0.39 is 12.2 Å². The van der Waals surface area contributed by atoms with E-state index in [1.54, 1.807) is 0 Å². The summed E-state index contributed by atoms with van der Waals surface area (Å²) in [4.78, 5) is 11.8. The molecule has 1 fully saturated rings. The molecule has 32 heavy (non-hydrogen) atoms. The standard InChI is InChI=1S/C27H37ClO4/c1-7-17-12-18(8-11-24(17)28)22-15-21(32-26(2,3)4)16-27(5,6)23(22)10-9-20-13-19(29)14-25(30)31-20/h8-12,19-21,29H,7,13-16H2,1-6H3/b10-9+/t19-,20-,21?/m0/s1. The largest absolute Gasteiger partial charge is 0.458 e. The Hall–Kier alpha value is -1.62. The van der Waals surface area contributed by atoms with Crippen molar-refractivity contribution in [1.82, 2.24) is 0 Å². The maximum Gasteiger partial charge on any atom is 0.309 e. The topological polar surface area (TPSA) is 55.8 Å². The predicted octanol–water partition coefficient (Wildman–Crippen LogP) is 6.28. The van der Waals surface area contributed by atoms with Crippen LogP contribution in [-0.2, 0) is 20.7 Å². The van der Waals surface area contributed by atoms with Crippen LogP contribution in [0.5, 0.6) is 0 Å². The number of ether oxygens (including phenoxy) is 2. The average Bonchev–Trinajstić information content (AvgIpc) is 2.64. The number of carbonyl (C=O) groups is 1. The molecule has 3 rings (SSSR count). The summed E-state index contributed by atoms with van der Waals surface area (Å²) in [6.45, 7) is 12.9. The number of esters is 1. The molecule has 0 aromatic heterocycles. The summed E-state index contributed by atoms with van der Waals surface area (Å²) in [5, 5.41) is 10.8. The van der Waals surface area contributed by atoms with Crippen LogP contribution in [0.3, 0.4) is 0 Å². The molecule has 0 amide bonds. The normalized spacial score (nSPS) is 26.5. The fraction of sp³-hybridized carbons (Fsp3) is 0.593. The highest BCUT2D eigenvalue weighted by atomic mass is 35.5. The van der Waals surface area contributed by atoms with Crippen LogP contribution in [0, 0.1) is 5.41 Å². The second-order valence-electron chi connectivity index (χ2n) is 10.7. The Balaban J connectivity index is 2.04. The van der Waals surface area contributed by atoms with Crippen molar-refractivity contribution in [3.63, 3.8) is 0 Å². The summed E-state index contributed by atoms with van der Waals surface area (Å²) >= 11 is 6.41. The minimum Gasteiger partial charge on any atom is -0.458 e. The fourth-order valence-corrected chi connectivity index (χ4v) is 5.10. The quantitative estimate of drug-likeness (QED) is 0.525. The van der Waals surface area contributed by atoms with Crippen molar-refractivity contribution in [2.24, 2.45) is 5.41 Å². The van der Waals surface area contributed by atoms with Gasteiger partial charge >= 0.3 is 5.97 Å². The maximum absolute atomic E-state index is 11.8. The lowest BCUT2D eigenvalue weighted by Crippen LogP contribution is -2.35. The molecule has 176 valence electrons. The first-order valence-corrected chi connectivity index (χ1v) is 12.0. The van der Waals surface area contributed by atoms with Gasteiger partial charge in [0, 0.05) is 11.4 Å². The molecule has 1 unspecified atom stereocenters. The summed E-state index contributed by atoms with van der Waals surface area (Å²) in [5.41, 5.74) is 4.37. The molecular weight excluding hydrogens is 424 g/mol. The number of allylic oxidation sites excluding steroid dienone is 2. The van der Waals surface area contributed by atoms with E-state index in [1.165, 1.54) is 11.1 Å². The van der Waals surface area contributed by atoms with Crippen molar-refractivity contribution >= 4 is 23.1 Å². The lowest BCUT2D eigenvalue weighted by atomic mass is 9.69. The molecule has 1 heterocycles. The highest BCUT2D eigenvalue weighted by molar-refractivity contribution is 6.31. The highest BCUT2D eigenvalue weighted by Crippen LogP contribution is 2.47. The number of aliphatic hydroxyl groups is 1. The minimum atomic E-state index is -0.647. The van der Waals surface area contributed by atoms with Crippen LogP contribution >= 0.6 is 11.6 Å². The van der Waals surface area contributed by atoms with Crippen LogP contribution in [0.15, 0.2) is 35.9 Å². The van der Waals surface area contributed by atoms with Crippen molar-refractivity contribution in [2.45, 2.75) is 97.6 Å². The van der Waals surface area contributed by atoms with Crippen molar-refractivity contribution in [3.05, 3.63) is 52.1 Å². The number of aryl methyl sites for hydroxylation is 1. The van der Waals surface area contributed by atoms with Crippen LogP contribution in [-0.4, -0.2) is 35.0 Å². The summed E-state index contributed by atoms with van der Waals surface area (Å²) in [6, 6.07) is 6.25. The van der Waals surface area contributed by atoms with Gasteiger partial charge in [0.15, 0.2) is 0 Å². The van der Waals surface area contributed by atoms with E-state index in [1.807, 2.05) is 12.1 Å². The number of rotatable bonds is 5. The number of halogens is 1. The van der Waals surface area contributed by atoms with E-state index in [0.717, 1.165) is 35.4 Å². The van der Waals surface area contributed by atoms with E-state index in [2.05, 4.69) is 59.8 Å². The third kappa shape index (κ3) is 6.24. The molecular formula is C27H37ClO4. The van der Waals surface area contributed by atoms with E-state index in [9.17, 15) is 9.90 Å². The third-order valence-corrected chi connectivity index (χ3v) is 6.56. The zero-order valence-electron chi connectivity index (χ0n) is 20.2. The first kappa shape index (κ1) is 25.0. The zero-order chi connectivity index (χ0) is 23.7. The molecule has 3 atom stereocenters.